The summed E-state index contributed by atoms with van der Waals surface area (Å²) in [6.07, 6.45) is 3.81. The molecule has 0 unspecified atom stereocenters. The molecule has 0 fully saturated rings. The second-order valence-electron chi connectivity index (χ2n) is 5.68. The maximum absolute atomic E-state index is 5.88. The van der Waals surface area contributed by atoms with Gasteiger partial charge in [-0.05, 0) is 42.5 Å². The van der Waals surface area contributed by atoms with Crippen LogP contribution in [0.4, 0.5) is 11.8 Å². The summed E-state index contributed by atoms with van der Waals surface area (Å²) in [6, 6.07) is 9.80. The van der Waals surface area contributed by atoms with Crippen LogP contribution in [0.5, 0.6) is 0 Å². The number of hydrogen-bond acceptors (Lipinski definition) is 4. The van der Waals surface area contributed by atoms with E-state index in [1.165, 1.54) is 5.56 Å². The number of benzene rings is 1. The summed E-state index contributed by atoms with van der Waals surface area (Å²) in [6.45, 7) is 6.13. The van der Waals surface area contributed by atoms with Gasteiger partial charge in [0, 0.05) is 24.3 Å². The van der Waals surface area contributed by atoms with E-state index >= 15 is 0 Å². The highest BCUT2D eigenvalue weighted by Crippen LogP contribution is 2.11. The molecule has 4 nitrogen and oxygen atoms in total. The third kappa shape index (κ3) is 5.90. The lowest BCUT2D eigenvalue weighted by Gasteiger charge is -2.09. The smallest absolute Gasteiger partial charge is 0.224 e. The molecule has 0 bridgehead atoms. The van der Waals surface area contributed by atoms with Gasteiger partial charge in [-0.2, -0.15) is 4.98 Å². The third-order valence-corrected chi connectivity index (χ3v) is 3.55. The fourth-order valence-corrected chi connectivity index (χ4v) is 2.13. The van der Waals surface area contributed by atoms with Gasteiger partial charge in [0.25, 0.3) is 0 Å². The molecule has 0 radical (unpaired) electrons. The number of aromatic nitrogens is 2. The van der Waals surface area contributed by atoms with Crippen LogP contribution in [0.3, 0.4) is 0 Å². The van der Waals surface area contributed by atoms with Gasteiger partial charge in [-0.25, -0.2) is 4.98 Å². The molecule has 118 valence electrons. The molecule has 0 saturated heterocycles. The minimum Gasteiger partial charge on any atom is -0.370 e. The topological polar surface area (TPSA) is 49.8 Å². The van der Waals surface area contributed by atoms with E-state index < -0.39 is 0 Å². The second-order valence-corrected chi connectivity index (χ2v) is 6.11. The third-order valence-electron chi connectivity index (χ3n) is 3.29. The summed E-state index contributed by atoms with van der Waals surface area (Å²) in [5.41, 5.74) is 1.25. The minimum absolute atomic E-state index is 0.674. The number of nitrogens with zero attached hydrogens (tertiary/aromatic N) is 2. The zero-order valence-electron chi connectivity index (χ0n) is 13.1. The monoisotopic (exact) mass is 318 g/mol. The van der Waals surface area contributed by atoms with Crippen LogP contribution in [0.2, 0.25) is 5.02 Å². The van der Waals surface area contributed by atoms with Gasteiger partial charge in [0.2, 0.25) is 5.95 Å². The highest BCUT2D eigenvalue weighted by molar-refractivity contribution is 6.30. The quantitative estimate of drug-likeness (QED) is 0.764. The van der Waals surface area contributed by atoms with Crippen molar-refractivity contribution in [1.29, 1.82) is 0 Å². The first-order valence-corrected chi connectivity index (χ1v) is 8.06. The van der Waals surface area contributed by atoms with Gasteiger partial charge in [0.05, 0.1) is 0 Å². The molecule has 0 amide bonds. The van der Waals surface area contributed by atoms with Crippen LogP contribution in [0.15, 0.2) is 36.5 Å². The first kappa shape index (κ1) is 16.6. The van der Waals surface area contributed by atoms with Gasteiger partial charge >= 0.3 is 0 Å². The molecule has 0 aliphatic heterocycles. The maximum atomic E-state index is 5.88. The summed E-state index contributed by atoms with van der Waals surface area (Å²) < 4.78 is 0. The Morgan fingerprint density at radius 1 is 1.05 bits per heavy atom. The van der Waals surface area contributed by atoms with E-state index in [1.54, 1.807) is 6.20 Å². The summed E-state index contributed by atoms with van der Waals surface area (Å²) in [7, 11) is 0. The van der Waals surface area contributed by atoms with E-state index in [9.17, 15) is 0 Å². The Morgan fingerprint density at radius 3 is 2.55 bits per heavy atom. The number of hydrogen-bond donors (Lipinski definition) is 2. The standard InChI is InChI=1S/C17H23ClN4/c1-13(2)7-10-20-17-21-12-9-16(22-17)19-11-8-14-3-5-15(18)6-4-14/h3-6,9,12-13H,7-8,10-11H2,1-2H3,(H2,19,20,21,22). The van der Waals surface area contributed by atoms with Crippen LogP contribution in [0, 0.1) is 5.92 Å². The lowest BCUT2D eigenvalue weighted by molar-refractivity contribution is 0.606. The Balaban J connectivity index is 1.78. The molecule has 2 rings (SSSR count). The van der Waals surface area contributed by atoms with Crippen molar-refractivity contribution in [2.75, 3.05) is 23.7 Å². The van der Waals surface area contributed by atoms with E-state index in [-0.39, 0.29) is 0 Å². The van der Waals surface area contributed by atoms with E-state index in [2.05, 4.69) is 34.4 Å². The number of rotatable bonds is 8. The van der Waals surface area contributed by atoms with Crippen molar-refractivity contribution >= 4 is 23.4 Å². The maximum Gasteiger partial charge on any atom is 0.224 e. The van der Waals surface area contributed by atoms with Crippen molar-refractivity contribution in [2.45, 2.75) is 26.7 Å². The molecule has 22 heavy (non-hydrogen) atoms. The minimum atomic E-state index is 0.674. The molecule has 0 aliphatic carbocycles. The fraction of sp³-hybridized carbons (Fsp3) is 0.412. The molecule has 0 spiro atoms. The predicted octanol–water partition coefficient (Wildman–Crippen LogP) is 4.24. The molecule has 1 heterocycles. The largest absolute Gasteiger partial charge is 0.370 e. The van der Waals surface area contributed by atoms with E-state index in [1.807, 2.05) is 30.3 Å². The highest BCUT2D eigenvalue weighted by Gasteiger charge is 2.00. The normalized spacial score (nSPS) is 10.7. The lowest BCUT2D eigenvalue weighted by Crippen LogP contribution is -2.10. The van der Waals surface area contributed by atoms with Gasteiger partial charge in [-0.3, -0.25) is 0 Å². The van der Waals surface area contributed by atoms with Crippen molar-refractivity contribution in [3.8, 4) is 0 Å². The summed E-state index contributed by atoms with van der Waals surface area (Å²) in [4.78, 5) is 8.70. The number of nitrogens with one attached hydrogen (secondary N) is 2. The van der Waals surface area contributed by atoms with Gasteiger partial charge < -0.3 is 10.6 Å². The Hall–Kier alpha value is -1.81. The second kappa shape index (κ2) is 8.59. The summed E-state index contributed by atoms with van der Waals surface area (Å²) >= 11 is 5.88. The van der Waals surface area contributed by atoms with Crippen molar-refractivity contribution < 1.29 is 0 Å². The molecule has 0 aliphatic rings. The van der Waals surface area contributed by atoms with Crippen LogP contribution >= 0.6 is 11.6 Å². The molecule has 1 aromatic carbocycles. The van der Waals surface area contributed by atoms with Crippen LogP contribution in [0.25, 0.3) is 0 Å². The SMILES string of the molecule is CC(C)CCNc1nccc(NCCc2ccc(Cl)cc2)n1. The van der Waals surface area contributed by atoms with E-state index in [0.717, 1.165) is 36.8 Å². The lowest BCUT2D eigenvalue weighted by atomic mass is 10.1. The summed E-state index contributed by atoms with van der Waals surface area (Å²) in [5, 5.41) is 7.35. The molecule has 1 aromatic heterocycles. The van der Waals surface area contributed by atoms with E-state index in [4.69, 9.17) is 11.6 Å². The number of halogens is 1. The van der Waals surface area contributed by atoms with Crippen LogP contribution in [-0.4, -0.2) is 23.1 Å². The predicted molar refractivity (Wildman–Crippen MR) is 93.6 cm³/mol. The van der Waals surface area contributed by atoms with Gasteiger partial charge in [-0.15, -0.1) is 0 Å². The van der Waals surface area contributed by atoms with Crippen LogP contribution in [0.1, 0.15) is 25.8 Å². The fourth-order valence-electron chi connectivity index (χ4n) is 2.00. The Morgan fingerprint density at radius 2 is 1.82 bits per heavy atom. The molecule has 0 atom stereocenters. The average molecular weight is 319 g/mol. The number of anilines is 2. The summed E-state index contributed by atoms with van der Waals surface area (Å²) in [5.74, 6) is 2.20. The average Bonchev–Trinajstić information content (AvgIpc) is 2.49. The molecular formula is C17H23ClN4. The van der Waals surface area contributed by atoms with Crippen LogP contribution < -0.4 is 10.6 Å². The first-order chi connectivity index (χ1) is 10.6. The first-order valence-electron chi connectivity index (χ1n) is 7.68. The highest BCUT2D eigenvalue weighted by atomic mass is 35.5. The zero-order chi connectivity index (χ0) is 15.8. The molecule has 5 heteroatoms. The molecule has 2 N–H and O–H groups in total. The van der Waals surface area contributed by atoms with Crippen molar-refractivity contribution in [3.63, 3.8) is 0 Å². The molecule has 0 saturated carbocycles. The Kier molecular flexibility index (Phi) is 6.46. The molecule has 2 aromatic rings. The van der Waals surface area contributed by atoms with Crippen molar-refractivity contribution in [3.05, 3.63) is 47.1 Å². The van der Waals surface area contributed by atoms with Gasteiger partial charge in [0.1, 0.15) is 5.82 Å². The van der Waals surface area contributed by atoms with Gasteiger partial charge in [0.15, 0.2) is 0 Å². The molecular weight excluding hydrogens is 296 g/mol. The van der Waals surface area contributed by atoms with Crippen LogP contribution in [-0.2, 0) is 6.42 Å². The van der Waals surface area contributed by atoms with Crippen molar-refractivity contribution in [2.24, 2.45) is 5.92 Å². The zero-order valence-corrected chi connectivity index (χ0v) is 13.9. The van der Waals surface area contributed by atoms with E-state index in [0.29, 0.717) is 11.9 Å². The van der Waals surface area contributed by atoms with Gasteiger partial charge in [-0.1, -0.05) is 37.6 Å². The van der Waals surface area contributed by atoms with Crippen molar-refractivity contribution in [1.82, 2.24) is 9.97 Å². The Bertz CT molecular complexity index is 569. The Labute approximate surface area is 137 Å².